The topological polar surface area (TPSA) is 178 Å². The molecular weight excluding hydrogens is 436 g/mol. The number of hydrogen-bond donors (Lipinski definition) is 4. The second-order valence-corrected chi connectivity index (χ2v) is 6.59. The molecule has 0 saturated heterocycles. The molecule has 0 bridgehead atoms. The van der Waals surface area contributed by atoms with Crippen LogP contribution in [0.15, 0.2) is 47.3 Å². The van der Waals surface area contributed by atoms with Gasteiger partial charge >= 0.3 is 17.9 Å². The molecule has 0 aliphatic rings. The fraction of sp³-hybridized carbons (Fsp3) is 0.0909. The maximum absolute atomic E-state index is 12.5. The third-order valence-corrected chi connectivity index (χ3v) is 4.65. The number of carbonyl (C=O) groups excluding carboxylic acids is 1. The Balaban J connectivity index is 2.09. The predicted octanol–water partition coefficient (Wildman–Crippen LogP) is 2.26. The molecule has 170 valence electrons. The maximum atomic E-state index is 12.5. The summed E-state index contributed by atoms with van der Waals surface area (Å²) in [5, 5.41) is 19.1. The highest BCUT2D eigenvalue weighted by Crippen LogP contribution is 2.36. The fourth-order valence-corrected chi connectivity index (χ4v) is 3.13. The van der Waals surface area contributed by atoms with Crippen molar-refractivity contribution in [2.24, 2.45) is 0 Å². The number of carboxylic acid groups (broad SMARTS) is 2. The summed E-state index contributed by atoms with van der Waals surface area (Å²) in [6, 6.07) is 9.96. The molecular formula is C22H18N2O9. The number of rotatable bonds is 7. The van der Waals surface area contributed by atoms with Crippen LogP contribution >= 0.6 is 0 Å². The van der Waals surface area contributed by atoms with Crippen molar-refractivity contribution in [3.05, 3.63) is 69.5 Å². The van der Waals surface area contributed by atoms with Gasteiger partial charge in [-0.15, -0.1) is 0 Å². The second kappa shape index (κ2) is 9.14. The van der Waals surface area contributed by atoms with Gasteiger partial charge in [0.05, 0.1) is 19.8 Å². The molecule has 3 rings (SSSR count). The molecule has 1 aromatic heterocycles. The number of nitrogens with one attached hydrogen (secondary N) is 1. The first-order chi connectivity index (χ1) is 15.7. The molecule has 11 heteroatoms. The number of pyridine rings is 1. The number of benzene rings is 2. The van der Waals surface area contributed by atoms with Gasteiger partial charge in [-0.05, 0) is 42.0 Å². The van der Waals surface area contributed by atoms with Crippen LogP contribution in [0.25, 0.3) is 11.1 Å². The predicted molar refractivity (Wildman–Crippen MR) is 115 cm³/mol. The Morgan fingerprint density at radius 2 is 1.52 bits per heavy atom. The Kier molecular flexibility index (Phi) is 6.34. The molecule has 0 unspecified atom stereocenters. The average Bonchev–Trinajstić information content (AvgIpc) is 2.78. The minimum absolute atomic E-state index is 0.00342. The standard InChI is InChI=1S/C22H18N2O9/c1-31-12-6-3-10(4-7-12)22(30)33-13-8-5-11(9-14(13)32-2)15-16(20(26)27)18(23)24-19(25)17(15)21(28)29/h3-9H,1-2H3,(H,26,27)(H,28,29)(H3,23,24,25). The fourth-order valence-electron chi connectivity index (χ4n) is 3.13. The third kappa shape index (κ3) is 4.46. The molecule has 0 aliphatic heterocycles. The lowest BCUT2D eigenvalue weighted by atomic mass is 9.95. The van der Waals surface area contributed by atoms with Gasteiger partial charge in [0.25, 0.3) is 5.56 Å². The van der Waals surface area contributed by atoms with E-state index in [1.807, 2.05) is 4.98 Å². The minimum Gasteiger partial charge on any atom is -0.497 e. The maximum Gasteiger partial charge on any atom is 0.343 e. The quantitative estimate of drug-likeness (QED) is 0.306. The number of aromatic carboxylic acids is 2. The number of nitrogens with two attached hydrogens (primary N) is 1. The summed E-state index contributed by atoms with van der Waals surface area (Å²) in [5.74, 6) is -3.90. The number of carboxylic acids is 2. The number of aromatic amines is 1. The van der Waals surface area contributed by atoms with Crippen LogP contribution in [0.5, 0.6) is 17.2 Å². The van der Waals surface area contributed by atoms with Gasteiger partial charge in [0.15, 0.2) is 11.5 Å². The summed E-state index contributed by atoms with van der Waals surface area (Å²) >= 11 is 0. The van der Waals surface area contributed by atoms with Gasteiger partial charge in [-0.2, -0.15) is 0 Å². The molecule has 2 aromatic carbocycles. The van der Waals surface area contributed by atoms with Crippen LogP contribution in [0.4, 0.5) is 5.82 Å². The van der Waals surface area contributed by atoms with Crippen LogP contribution in [0, 0.1) is 0 Å². The van der Waals surface area contributed by atoms with E-state index in [9.17, 15) is 29.4 Å². The smallest absolute Gasteiger partial charge is 0.343 e. The number of carbonyl (C=O) groups is 3. The van der Waals surface area contributed by atoms with Crippen molar-refractivity contribution in [1.82, 2.24) is 4.98 Å². The van der Waals surface area contributed by atoms with E-state index in [4.69, 9.17) is 19.9 Å². The minimum atomic E-state index is -1.65. The normalized spacial score (nSPS) is 10.4. The van der Waals surface area contributed by atoms with Crippen molar-refractivity contribution in [3.8, 4) is 28.4 Å². The van der Waals surface area contributed by atoms with Crippen molar-refractivity contribution in [2.75, 3.05) is 20.0 Å². The van der Waals surface area contributed by atoms with Gasteiger partial charge in [0, 0.05) is 5.56 Å². The third-order valence-electron chi connectivity index (χ3n) is 4.65. The highest BCUT2D eigenvalue weighted by molar-refractivity contribution is 6.07. The number of nitrogen functional groups attached to an aromatic ring is 1. The molecule has 0 atom stereocenters. The lowest BCUT2D eigenvalue weighted by molar-refractivity contribution is 0.0693. The van der Waals surface area contributed by atoms with Crippen molar-refractivity contribution in [3.63, 3.8) is 0 Å². The van der Waals surface area contributed by atoms with Gasteiger partial charge in [0.2, 0.25) is 0 Å². The van der Waals surface area contributed by atoms with Crippen molar-refractivity contribution in [1.29, 1.82) is 0 Å². The lowest BCUT2D eigenvalue weighted by Gasteiger charge is -2.15. The van der Waals surface area contributed by atoms with Crippen LogP contribution in [-0.2, 0) is 0 Å². The van der Waals surface area contributed by atoms with Crippen molar-refractivity contribution < 1.29 is 38.8 Å². The summed E-state index contributed by atoms with van der Waals surface area (Å²) < 4.78 is 15.6. The monoisotopic (exact) mass is 454 g/mol. The van der Waals surface area contributed by atoms with E-state index >= 15 is 0 Å². The SMILES string of the molecule is COc1ccc(C(=O)Oc2ccc(-c3c(C(=O)O)c(N)[nH]c(=O)c3C(=O)O)cc2OC)cc1. The highest BCUT2D eigenvalue weighted by Gasteiger charge is 2.27. The Hall–Kier alpha value is -4.80. The molecule has 11 nitrogen and oxygen atoms in total. The highest BCUT2D eigenvalue weighted by atomic mass is 16.6. The van der Waals surface area contributed by atoms with E-state index in [-0.39, 0.29) is 22.6 Å². The number of H-pyrrole nitrogens is 1. The molecule has 0 amide bonds. The van der Waals surface area contributed by atoms with Crippen LogP contribution in [-0.4, -0.2) is 47.3 Å². The number of hydrogen-bond acceptors (Lipinski definition) is 8. The first-order valence-corrected chi connectivity index (χ1v) is 9.24. The Labute approximate surface area is 186 Å². The molecule has 0 aliphatic carbocycles. The summed E-state index contributed by atoms with van der Waals surface area (Å²) in [6.07, 6.45) is 0. The molecule has 33 heavy (non-hydrogen) atoms. The number of anilines is 1. The van der Waals surface area contributed by atoms with E-state index in [1.165, 1.54) is 44.6 Å². The largest absolute Gasteiger partial charge is 0.497 e. The lowest BCUT2D eigenvalue weighted by Crippen LogP contribution is -2.24. The van der Waals surface area contributed by atoms with Crippen molar-refractivity contribution in [2.45, 2.75) is 0 Å². The molecule has 0 saturated carbocycles. The molecule has 5 N–H and O–H groups in total. The molecule has 0 radical (unpaired) electrons. The van der Waals surface area contributed by atoms with Crippen LogP contribution in [0.2, 0.25) is 0 Å². The average molecular weight is 454 g/mol. The van der Waals surface area contributed by atoms with Crippen LogP contribution in [0.1, 0.15) is 31.1 Å². The van der Waals surface area contributed by atoms with E-state index < -0.39 is 46.0 Å². The summed E-state index contributed by atoms with van der Waals surface area (Å²) in [5.41, 5.74) is 2.97. The summed E-state index contributed by atoms with van der Waals surface area (Å²) in [4.78, 5) is 50.2. The zero-order chi connectivity index (χ0) is 24.3. The molecule has 1 heterocycles. The molecule has 3 aromatic rings. The summed E-state index contributed by atoms with van der Waals surface area (Å²) in [6.45, 7) is 0. The Bertz CT molecular complexity index is 1310. The molecule has 0 spiro atoms. The van der Waals surface area contributed by atoms with Crippen molar-refractivity contribution >= 4 is 23.7 Å². The van der Waals surface area contributed by atoms with E-state index in [2.05, 4.69) is 0 Å². The zero-order valence-corrected chi connectivity index (χ0v) is 17.4. The van der Waals surface area contributed by atoms with Gasteiger partial charge in [-0.25, -0.2) is 14.4 Å². The van der Waals surface area contributed by atoms with Crippen LogP contribution < -0.4 is 25.5 Å². The van der Waals surface area contributed by atoms with Gasteiger partial charge in [0.1, 0.15) is 22.7 Å². The summed E-state index contributed by atoms with van der Waals surface area (Å²) in [7, 11) is 2.76. The zero-order valence-electron chi connectivity index (χ0n) is 17.4. The van der Waals surface area contributed by atoms with E-state index in [1.54, 1.807) is 12.1 Å². The first-order valence-electron chi connectivity index (χ1n) is 9.24. The molecule has 0 fully saturated rings. The number of aromatic nitrogens is 1. The second-order valence-electron chi connectivity index (χ2n) is 6.59. The van der Waals surface area contributed by atoms with Gasteiger partial charge < -0.3 is 35.1 Å². The van der Waals surface area contributed by atoms with E-state index in [0.29, 0.717) is 5.75 Å². The Morgan fingerprint density at radius 1 is 0.879 bits per heavy atom. The van der Waals surface area contributed by atoms with E-state index in [0.717, 1.165) is 0 Å². The van der Waals surface area contributed by atoms with Gasteiger partial charge in [-0.3, -0.25) is 4.79 Å². The number of methoxy groups -OCH3 is 2. The van der Waals surface area contributed by atoms with Crippen LogP contribution in [0.3, 0.4) is 0 Å². The number of ether oxygens (including phenoxy) is 3. The number of esters is 1. The first kappa shape index (κ1) is 22.9. The van der Waals surface area contributed by atoms with Gasteiger partial charge in [-0.1, -0.05) is 6.07 Å². The Morgan fingerprint density at radius 3 is 2.06 bits per heavy atom.